The first kappa shape index (κ1) is 8.49. The van der Waals surface area contributed by atoms with Gasteiger partial charge in [0.2, 0.25) is 5.91 Å². The van der Waals surface area contributed by atoms with Crippen molar-refractivity contribution in [2.24, 2.45) is 17.4 Å². The summed E-state index contributed by atoms with van der Waals surface area (Å²) in [6.07, 6.45) is 1.32. The highest BCUT2D eigenvalue weighted by Gasteiger charge is 2.30. The van der Waals surface area contributed by atoms with Crippen molar-refractivity contribution in [3.8, 4) is 0 Å². The minimum absolute atomic E-state index is 0.0240. The largest absolute Gasteiger partial charge is 0.392 e. The van der Waals surface area contributed by atoms with Crippen LogP contribution in [0, 0.1) is 5.92 Å². The Balaban J connectivity index is 2.54. The van der Waals surface area contributed by atoms with Gasteiger partial charge in [0.1, 0.15) is 0 Å². The van der Waals surface area contributed by atoms with E-state index in [1.165, 1.54) is 0 Å². The second kappa shape index (κ2) is 3.19. The van der Waals surface area contributed by atoms with Crippen LogP contribution < -0.4 is 11.5 Å². The van der Waals surface area contributed by atoms with Crippen LogP contribution in [0.3, 0.4) is 0 Å². The lowest BCUT2D eigenvalue weighted by molar-refractivity contribution is -0.127. The van der Waals surface area contributed by atoms with Crippen molar-refractivity contribution in [3.05, 3.63) is 0 Å². The van der Waals surface area contributed by atoms with E-state index in [4.69, 9.17) is 11.5 Å². The van der Waals surface area contributed by atoms with Crippen molar-refractivity contribution in [2.45, 2.75) is 31.4 Å². The summed E-state index contributed by atoms with van der Waals surface area (Å²) in [4.78, 5) is 10.7. The lowest BCUT2D eigenvalue weighted by atomic mass is 9.83. The molecule has 1 aliphatic carbocycles. The number of hydrogen-bond donors (Lipinski definition) is 3. The molecule has 3 atom stereocenters. The summed E-state index contributed by atoms with van der Waals surface area (Å²) in [5, 5.41) is 9.30. The zero-order chi connectivity index (χ0) is 8.43. The van der Waals surface area contributed by atoms with Gasteiger partial charge in [-0.25, -0.2) is 0 Å². The molecule has 0 aromatic heterocycles. The van der Waals surface area contributed by atoms with Gasteiger partial charge in [-0.3, -0.25) is 4.79 Å². The third kappa shape index (κ3) is 1.91. The standard InChI is InChI=1S/C7H14N2O2/c8-4-1-2-6(10)5(3-4)7(9)11/h4-6,10H,1-3,8H2,(H2,9,11). The maximum absolute atomic E-state index is 10.7. The van der Waals surface area contributed by atoms with Crippen LogP contribution in [0.1, 0.15) is 19.3 Å². The molecule has 1 rings (SSSR count). The Hall–Kier alpha value is -0.610. The second-order valence-corrected chi connectivity index (χ2v) is 3.15. The number of rotatable bonds is 1. The second-order valence-electron chi connectivity index (χ2n) is 3.15. The number of aliphatic hydroxyl groups excluding tert-OH is 1. The molecule has 0 aliphatic heterocycles. The Morgan fingerprint density at radius 3 is 2.55 bits per heavy atom. The summed E-state index contributed by atoms with van der Waals surface area (Å²) < 4.78 is 0. The van der Waals surface area contributed by atoms with E-state index in [-0.39, 0.29) is 6.04 Å². The predicted octanol–water partition coefficient (Wildman–Crippen LogP) is -1.04. The number of hydrogen-bond acceptors (Lipinski definition) is 3. The maximum Gasteiger partial charge on any atom is 0.223 e. The summed E-state index contributed by atoms with van der Waals surface area (Å²) >= 11 is 0. The Labute approximate surface area is 65.6 Å². The fraction of sp³-hybridized carbons (Fsp3) is 0.857. The van der Waals surface area contributed by atoms with Gasteiger partial charge in [0.15, 0.2) is 0 Å². The fourth-order valence-electron chi connectivity index (χ4n) is 1.49. The van der Waals surface area contributed by atoms with E-state index in [1.807, 2.05) is 0 Å². The summed E-state index contributed by atoms with van der Waals surface area (Å²) in [5.74, 6) is -0.869. The topological polar surface area (TPSA) is 89.3 Å². The van der Waals surface area contributed by atoms with Gasteiger partial charge < -0.3 is 16.6 Å². The van der Waals surface area contributed by atoms with E-state index in [1.54, 1.807) is 0 Å². The van der Waals surface area contributed by atoms with Crippen molar-refractivity contribution in [2.75, 3.05) is 0 Å². The fourth-order valence-corrected chi connectivity index (χ4v) is 1.49. The van der Waals surface area contributed by atoms with Crippen LogP contribution in [-0.2, 0) is 4.79 Å². The van der Waals surface area contributed by atoms with Crippen molar-refractivity contribution in [1.29, 1.82) is 0 Å². The zero-order valence-corrected chi connectivity index (χ0v) is 6.36. The summed E-state index contributed by atoms with van der Waals surface area (Å²) in [7, 11) is 0. The molecule has 0 bridgehead atoms. The molecular formula is C7H14N2O2. The highest BCUT2D eigenvalue weighted by atomic mass is 16.3. The average molecular weight is 158 g/mol. The average Bonchev–Trinajstić information content (AvgIpc) is 1.94. The molecule has 0 aromatic carbocycles. The predicted molar refractivity (Wildman–Crippen MR) is 40.5 cm³/mol. The molecule has 0 spiro atoms. The molecule has 1 amide bonds. The monoisotopic (exact) mass is 158 g/mol. The van der Waals surface area contributed by atoms with Gasteiger partial charge in [-0.15, -0.1) is 0 Å². The van der Waals surface area contributed by atoms with Crippen molar-refractivity contribution < 1.29 is 9.90 Å². The van der Waals surface area contributed by atoms with Crippen LogP contribution in [0.5, 0.6) is 0 Å². The van der Waals surface area contributed by atoms with Crippen LogP contribution in [0.15, 0.2) is 0 Å². The normalized spacial score (nSPS) is 38.5. The van der Waals surface area contributed by atoms with Gasteiger partial charge in [-0.05, 0) is 19.3 Å². The van der Waals surface area contributed by atoms with E-state index in [0.717, 1.165) is 6.42 Å². The molecule has 1 aliphatic rings. The van der Waals surface area contributed by atoms with Crippen LogP contribution >= 0.6 is 0 Å². The first-order valence-corrected chi connectivity index (χ1v) is 3.84. The molecule has 1 fully saturated rings. The van der Waals surface area contributed by atoms with E-state index < -0.39 is 17.9 Å². The van der Waals surface area contributed by atoms with Crippen molar-refractivity contribution in [1.82, 2.24) is 0 Å². The summed E-state index contributed by atoms with van der Waals surface area (Å²) in [6.45, 7) is 0. The van der Waals surface area contributed by atoms with Crippen molar-refractivity contribution >= 4 is 5.91 Å². The molecular weight excluding hydrogens is 144 g/mol. The smallest absolute Gasteiger partial charge is 0.223 e. The Bertz CT molecular complexity index is 161. The lowest BCUT2D eigenvalue weighted by Crippen LogP contribution is -2.42. The quantitative estimate of drug-likeness (QED) is 0.455. The maximum atomic E-state index is 10.7. The Kier molecular flexibility index (Phi) is 2.46. The van der Waals surface area contributed by atoms with Gasteiger partial charge in [-0.2, -0.15) is 0 Å². The van der Waals surface area contributed by atoms with Gasteiger partial charge in [0.05, 0.1) is 12.0 Å². The molecule has 5 N–H and O–H groups in total. The molecule has 4 nitrogen and oxygen atoms in total. The van der Waals surface area contributed by atoms with Crippen LogP contribution in [0.4, 0.5) is 0 Å². The first-order chi connectivity index (χ1) is 5.11. The molecule has 3 unspecified atom stereocenters. The van der Waals surface area contributed by atoms with E-state index in [0.29, 0.717) is 12.8 Å². The molecule has 64 valence electrons. The van der Waals surface area contributed by atoms with Crippen LogP contribution in [0.25, 0.3) is 0 Å². The van der Waals surface area contributed by atoms with Gasteiger partial charge in [0, 0.05) is 6.04 Å². The summed E-state index contributed by atoms with van der Waals surface area (Å²) in [5.41, 5.74) is 10.7. The van der Waals surface area contributed by atoms with Gasteiger partial charge in [-0.1, -0.05) is 0 Å². The molecule has 0 heterocycles. The SMILES string of the molecule is NC(=O)C1CC(N)CCC1O. The first-order valence-electron chi connectivity index (χ1n) is 3.84. The zero-order valence-electron chi connectivity index (χ0n) is 6.36. The highest BCUT2D eigenvalue weighted by molar-refractivity contribution is 5.77. The highest BCUT2D eigenvalue weighted by Crippen LogP contribution is 2.23. The Morgan fingerprint density at radius 2 is 2.09 bits per heavy atom. The number of carbonyl (C=O) groups excluding carboxylic acids is 1. The molecule has 11 heavy (non-hydrogen) atoms. The Morgan fingerprint density at radius 1 is 1.45 bits per heavy atom. The number of amides is 1. The van der Waals surface area contributed by atoms with Crippen molar-refractivity contribution in [3.63, 3.8) is 0 Å². The third-order valence-electron chi connectivity index (χ3n) is 2.22. The van der Waals surface area contributed by atoms with E-state index >= 15 is 0 Å². The number of carbonyl (C=O) groups is 1. The van der Waals surface area contributed by atoms with Gasteiger partial charge >= 0.3 is 0 Å². The summed E-state index contributed by atoms with van der Waals surface area (Å²) in [6, 6.07) is 0.0240. The molecule has 0 aromatic rings. The lowest BCUT2D eigenvalue weighted by Gasteiger charge is -2.28. The number of primary amides is 1. The van der Waals surface area contributed by atoms with Crippen LogP contribution in [0.2, 0.25) is 0 Å². The molecule has 4 heteroatoms. The van der Waals surface area contributed by atoms with E-state index in [9.17, 15) is 9.90 Å². The van der Waals surface area contributed by atoms with Gasteiger partial charge in [0.25, 0.3) is 0 Å². The third-order valence-corrected chi connectivity index (χ3v) is 2.22. The molecule has 0 saturated heterocycles. The van der Waals surface area contributed by atoms with E-state index in [2.05, 4.69) is 0 Å². The number of nitrogens with two attached hydrogens (primary N) is 2. The number of aliphatic hydroxyl groups is 1. The minimum atomic E-state index is -0.577. The molecule has 0 radical (unpaired) electrons. The molecule has 1 saturated carbocycles. The minimum Gasteiger partial charge on any atom is -0.392 e. The van der Waals surface area contributed by atoms with Crippen LogP contribution in [-0.4, -0.2) is 23.2 Å².